The predicted molar refractivity (Wildman–Crippen MR) is 318 cm³/mol. The molecule has 6 aliphatic heterocycles. The molecule has 6 aromatic rings. The predicted octanol–water partition coefficient (Wildman–Crippen LogP) is 13.6. The van der Waals surface area contributed by atoms with Gasteiger partial charge in [-0.25, -0.2) is 0 Å². The molecule has 4 N–H and O–H groups in total. The summed E-state index contributed by atoms with van der Waals surface area (Å²) in [6.07, 6.45) is 7.25. The van der Waals surface area contributed by atoms with Crippen molar-refractivity contribution in [2.75, 3.05) is 0 Å². The number of aromatic hydroxyl groups is 4. The van der Waals surface area contributed by atoms with Crippen LogP contribution < -0.4 is 18.9 Å². The fourth-order valence-electron chi connectivity index (χ4n) is 14.7. The Kier molecular flexibility index (Phi) is 13.5. The van der Waals surface area contributed by atoms with E-state index in [1.165, 1.54) is 24.9 Å². The van der Waals surface area contributed by atoms with Gasteiger partial charge in [0.1, 0.15) is 46.0 Å². The van der Waals surface area contributed by atoms with Crippen LogP contribution in [0.2, 0.25) is 0 Å². The minimum atomic E-state index is -1.03. The van der Waals surface area contributed by atoms with Crippen molar-refractivity contribution in [3.05, 3.63) is 142 Å². The minimum Gasteiger partial charge on any atom is -0.507 e. The van der Waals surface area contributed by atoms with E-state index in [0.717, 1.165) is 0 Å². The first-order valence-corrected chi connectivity index (χ1v) is 28.6. The first kappa shape index (κ1) is 55.6. The fourth-order valence-corrected chi connectivity index (χ4v) is 14.7. The van der Waals surface area contributed by atoms with Gasteiger partial charge in [0.2, 0.25) is 0 Å². The second-order valence-electron chi connectivity index (χ2n) is 25.6. The highest BCUT2D eigenvalue weighted by molar-refractivity contribution is 5.94. The van der Waals surface area contributed by atoms with Gasteiger partial charge in [-0.05, 0) is 157 Å². The third-order valence-corrected chi connectivity index (χ3v) is 19.2. The monoisotopic (exact) mass is 1130 g/mol. The zero-order valence-corrected chi connectivity index (χ0v) is 47.9. The fraction of sp³-hybridized carbons (Fsp3) is 0.353. The molecule has 0 spiro atoms. The molecule has 84 heavy (non-hydrogen) atoms. The number of aliphatic imine (C=N–C) groups is 4. The highest BCUT2D eigenvalue weighted by Crippen LogP contribution is 2.63. The molecule has 6 aromatic carbocycles. The van der Waals surface area contributed by atoms with Crippen molar-refractivity contribution >= 4 is 71.5 Å². The Morgan fingerprint density at radius 3 is 0.774 bits per heavy atom. The van der Waals surface area contributed by atoms with Gasteiger partial charge in [0.15, 0.2) is 0 Å². The Morgan fingerprint density at radius 2 is 0.560 bits per heavy atom. The number of carbonyl (C=O) groups is 4. The van der Waals surface area contributed by atoms with Crippen LogP contribution in [0.25, 0.3) is 0 Å². The second kappa shape index (κ2) is 20.5. The Morgan fingerprint density at radius 1 is 0.345 bits per heavy atom. The van der Waals surface area contributed by atoms with Gasteiger partial charge in [-0.1, -0.05) is 65.8 Å². The molecule has 2 fully saturated rings. The summed E-state index contributed by atoms with van der Waals surface area (Å²) in [7, 11) is 0. The molecule has 0 atom stereocenters. The molecule has 0 amide bonds. The lowest BCUT2D eigenvalue weighted by Gasteiger charge is -2.54. The Bertz CT molecular complexity index is 3410. The third kappa shape index (κ3) is 10.1. The van der Waals surface area contributed by atoms with Crippen molar-refractivity contribution in [3.8, 4) is 46.0 Å². The number of fused-ring (bicyclic) bond motifs is 6. The van der Waals surface area contributed by atoms with E-state index >= 15 is 0 Å². The van der Waals surface area contributed by atoms with Gasteiger partial charge >= 0.3 is 23.9 Å². The smallest absolute Gasteiger partial charge is 0.311 e. The molecule has 2 saturated carbocycles. The van der Waals surface area contributed by atoms with Crippen molar-refractivity contribution in [1.82, 2.24) is 0 Å². The zero-order chi connectivity index (χ0) is 59.1. The highest BCUT2D eigenvalue weighted by Gasteiger charge is 2.55. The third-order valence-electron chi connectivity index (χ3n) is 19.2. The van der Waals surface area contributed by atoms with Crippen molar-refractivity contribution in [1.29, 1.82) is 0 Å². The van der Waals surface area contributed by atoms with Gasteiger partial charge in [-0.2, -0.15) is 0 Å². The number of hydrogen-bond acceptors (Lipinski definition) is 16. The van der Waals surface area contributed by atoms with Gasteiger partial charge in [0, 0.05) is 95.0 Å². The van der Waals surface area contributed by atoms with Crippen LogP contribution in [-0.4, -0.2) is 69.2 Å². The van der Waals surface area contributed by atoms with Crippen molar-refractivity contribution in [2.45, 2.75) is 140 Å². The SMILES string of the molecule is CC12CC(C)(C1)c1cc3cc(c1O)C=Nc1ccccc1N=Cc1cc4cc(c1O)C1(C)CC(C)(C1)c1cc5cc(c1O)C=Nc1ccccc1N=Cc1cc(cc2c1O)OC(=O)CCC(C)(CCC(=O)O3)C(C)(CCC(=O)O5)CCC(=O)O4. The number of rotatable bonds is 0. The van der Waals surface area contributed by atoms with E-state index in [0.29, 0.717) is 70.7 Å². The van der Waals surface area contributed by atoms with Crippen molar-refractivity contribution < 1.29 is 58.6 Å². The number of hydrogen-bond donors (Lipinski definition) is 4. The number of phenolic OH excluding ortho intramolecular Hbond substituents is 4. The minimum absolute atomic E-state index is 0.0951. The lowest BCUT2D eigenvalue weighted by Crippen LogP contribution is -2.49. The normalized spacial score (nSPS) is 27.4. The summed E-state index contributed by atoms with van der Waals surface area (Å²) >= 11 is 0. The molecule has 18 bridgehead atoms. The lowest BCUT2D eigenvalue weighted by atomic mass is 9.49. The van der Waals surface area contributed by atoms with Crippen LogP contribution in [0.15, 0.2) is 117 Å². The summed E-state index contributed by atoms with van der Waals surface area (Å²) in [6, 6.07) is 27.1. The summed E-state index contributed by atoms with van der Waals surface area (Å²) in [6.45, 7) is 11.8. The number of ether oxygens (including phenoxy) is 4. The molecule has 0 saturated heterocycles. The van der Waals surface area contributed by atoms with Gasteiger partial charge in [0.25, 0.3) is 0 Å². The first-order valence-electron chi connectivity index (χ1n) is 28.6. The number of carbonyl (C=O) groups excluding carboxylic acids is 4. The summed E-state index contributed by atoms with van der Waals surface area (Å²) in [4.78, 5) is 77.5. The molecule has 0 aromatic heterocycles. The average molecular weight is 1130 g/mol. The van der Waals surface area contributed by atoms with Gasteiger partial charge in [0.05, 0.1) is 22.7 Å². The van der Waals surface area contributed by atoms with Crippen molar-refractivity contribution in [2.24, 2.45) is 30.8 Å². The molecule has 0 radical (unpaired) electrons. The van der Waals surface area contributed by atoms with Crippen LogP contribution in [0.1, 0.15) is 163 Å². The maximum Gasteiger partial charge on any atom is 0.311 e. The molecular formula is C68H66N4O12. The van der Waals surface area contributed by atoms with E-state index in [1.54, 1.807) is 97.1 Å². The maximum absolute atomic E-state index is 14.5. The molecule has 2 aliphatic carbocycles. The Balaban J connectivity index is 1.15. The largest absolute Gasteiger partial charge is 0.507 e. The lowest BCUT2D eigenvalue weighted by molar-refractivity contribution is -0.141. The number of phenols is 4. The standard InChI is InChI=1S/C68H66N4O12/c1-63-35-64(2,36-63)48-28-44-24-40(60(48)78)32-70-53-13-9-10-14-54(53)72-34-42-26-46-30-50(62(42)80)66(4)37-65(3,38-66)49-29-45-25-41(61(49)79)33-71-52-12-8-7-11-51(52)69-31-39-23-43(27-47(63)59(39)77)81-55(73)15-19-67(5,20-16-56(74)82-44)68(6,21-17-57(75)83-45)22-18-58(76)84-46/h7-14,23-34,77-80H,15-22,35-38H2,1-6H3. The topological polar surface area (TPSA) is 236 Å². The molecule has 8 aliphatic rings. The quantitative estimate of drug-likeness (QED) is 0.0821. The van der Waals surface area contributed by atoms with E-state index < -0.39 is 56.4 Å². The Hall–Kier alpha value is -8.92. The highest BCUT2D eigenvalue weighted by atomic mass is 16.5. The van der Waals surface area contributed by atoms with Gasteiger partial charge in [-0.3, -0.25) is 39.1 Å². The molecule has 6 heterocycles. The van der Waals surface area contributed by atoms with Gasteiger partial charge < -0.3 is 39.4 Å². The van der Waals surface area contributed by atoms with E-state index in [1.807, 2.05) is 41.5 Å². The first-order chi connectivity index (χ1) is 39.9. The second-order valence-corrected chi connectivity index (χ2v) is 25.6. The van der Waals surface area contributed by atoms with E-state index in [2.05, 4.69) is 0 Å². The van der Waals surface area contributed by atoms with Crippen LogP contribution in [0, 0.1) is 10.8 Å². The maximum atomic E-state index is 14.5. The number of benzene rings is 6. The van der Waals surface area contributed by atoms with E-state index in [-0.39, 0.29) is 120 Å². The summed E-state index contributed by atoms with van der Waals surface area (Å²) in [5.41, 5.74) is -0.657. The summed E-state index contributed by atoms with van der Waals surface area (Å²) in [5.74, 6) is -2.20. The zero-order valence-electron chi connectivity index (χ0n) is 47.9. The van der Waals surface area contributed by atoms with Crippen LogP contribution in [-0.2, 0) is 40.8 Å². The molecular weight excluding hydrogens is 1060 g/mol. The molecule has 16 nitrogen and oxygen atoms in total. The van der Waals surface area contributed by atoms with Crippen LogP contribution in [0.4, 0.5) is 22.7 Å². The number of para-hydroxylation sites is 4. The van der Waals surface area contributed by atoms with Crippen LogP contribution in [0.5, 0.6) is 46.0 Å². The van der Waals surface area contributed by atoms with Gasteiger partial charge in [-0.15, -0.1) is 0 Å². The Labute approximate surface area is 486 Å². The molecule has 0 unspecified atom stereocenters. The van der Waals surface area contributed by atoms with E-state index in [9.17, 15) is 39.6 Å². The van der Waals surface area contributed by atoms with Crippen molar-refractivity contribution in [3.63, 3.8) is 0 Å². The number of nitrogens with zero attached hydrogens (tertiary/aromatic N) is 4. The van der Waals surface area contributed by atoms with Crippen LogP contribution in [0.3, 0.4) is 0 Å². The average Bonchev–Trinajstić information content (AvgIpc) is 0.889. The molecule has 430 valence electrons. The molecule has 14 rings (SSSR count). The van der Waals surface area contributed by atoms with Crippen LogP contribution >= 0.6 is 0 Å². The molecule has 16 heteroatoms. The van der Waals surface area contributed by atoms with E-state index in [4.69, 9.17) is 38.9 Å². The summed E-state index contributed by atoms with van der Waals surface area (Å²) in [5, 5.41) is 49.7. The summed E-state index contributed by atoms with van der Waals surface area (Å²) < 4.78 is 25.0. The number of esters is 4.